The van der Waals surface area contributed by atoms with Crippen molar-refractivity contribution in [2.24, 2.45) is 0 Å². The summed E-state index contributed by atoms with van der Waals surface area (Å²) in [7, 11) is 0. The smallest absolute Gasteiger partial charge is 0.723 e. The molecule has 0 spiro atoms. The first-order valence-electron chi connectivity index (χ1n) is 2.71. The molecular formula is C5H9KO4. The van der Waals surface area contributed by atoms with Crippen LogP contribution in [0.15, 0.2) is 0 Å². The second-order valence-corrected chi connectivity index (χ2v) is 1.38. The predicted molar refractivity (Wildman–Crippen MR) is 27.2 cm³/mol. The zero-order valence-electron chi connectivity index (χ0n) is 6.25. The molecule has 0 aliphatic rings. The quantitative estimate of drug-likeness (QED) is 0.189. The number of hydrogen-bond donors (Lipinski definition) is 0. The van der Waals surface area contributed by atoms with Gasteiger partial charge in [0.15, 0.2) is 0 Å². The summed E-state index contributed by atoms with van der Waals surface area (Å²) in [6, 6.07) is 0. The molecule has 0 atom stereocenters. The maximum atomic E-state index is 10.4. The standard InChI is InChI=1S/C5H10O4.K/c1-2-8-5(6)3-4-9-7;/h7H,2-4H2,1H3;/q;+1/p-1. The van der Waals surface area contributed by atoms with Crippen LogP contribution in [0.5, 0.6) is 0 Å². The summed E-state index contributed by atoms with van der Waals surface area (Å²) in [4.78, 5) is 13.8. The molecule has 10 heavy (non-hydrogen) atoms. The van der Waals surface area contributed by atoms with E-state index in [1.165, 1.54) is 0 Å². The SMILES string of the molecule is CCOC(=O)CCO[O-].[K+]. The second-order valence-electron chi connectivity index (χ2n) is 1.38. The maximum absolute atomic E-state index is 10.4. The Morgan fingerprint density at radius 1 is 1.60 bits per heavy atom. The van der Waals surface area contributed by atoms with Crippen LogP contribution in [-0.2, 0) is 14.4 Å². The Morgan fingerprint density at radius 3 is 2.60 bits per heavy atom. The molecule has 5 heteroatoms. The van der Waals surface area contributed by atoms with Crippen LogP contribution in [0.4, 0.5) is 0 Å². The molecule has 0 rings (SSSR count). The van der Waals surface area contributed by atoms with E-state index in [1.807, 2.05) is 0 Å². The third kappa shape index (κ3) is 9.03. The van der Waals surface area contributed by atoms with Crippen molar-refractivity contribution in [2.45, 2.75) is 13.3 Å². The van der Waals surface area contributed by atoms with E-state index in [0.29, 0.717) is 6.61 Å². The monoisotopic (exact) mass is 172 g/mol. The maximum Gasteiger partial charge on any atom is 1.00 e. The topological polar surface area (TPSA) is 58.6 Å². The molecule has 0 N–H and O–H groups in total. The van der Waals surface area contributed by atoms with Crippen LogP contribution in [0, 0.1) is 0 Å². The molecule has 0 saturated carbocycles. The number of hydrogen-bond acceptors (Lipinski definition) is 4. The molecule has 0 aliphatic heterocycles. The van der Waals surface area contributed by atoms with Gasteiger partial charge in [0.25, 0.3) is 0 Å². The molecule has 4 nitrogen and oxygen atoms in total. The summed E-state index contributed by atoms with van der Waals surface area (Å²) < 4.78 is 4.49. The van der Waals surface area contributed by atoms with Crippen molar-refractivity contribution in [1.29, 1.82) is 0 Å². The average molecular weight is 172 g/mol. The van der Waals surface area contributed by atoms with Crippen LogP contribution in [0.3, 0.4) is 0 Å². The van der Waals surface area contributed by atoms with Crippen LogP contribution in [0.2, 0.25) is 0 Å². The minimum Gasteiger partial charge on any atom is -0.723 e. The van der Waals surface area contributed by atoms with E-state index >= 15 is 0 Å². The van der Waals surface area contributed by atoms with Crippen LogP contribution in [-0.4, -0.2) is 19.2 Å². The molecule has 0 radical (unpaired) electrons. The molecule has 0 aromatic rings. The number of rotatable bonds is 4. The van der Waals surface area contributed by atoms with Gasteiger partial charge in [0.1, 0.15) is 0 Å². The molecule has 0 amide bonds. The van der Waals surface area contributed by atoms with Crippen LogP contribution < -0.4 is 56.6 Å². The normalized spacial score (nSPS) is 8.20. The summed E-state index contributed by atoms with van der Waals surface area (Å²) >= 11 is 0. The Hall–Kier alpha value is 1.03. The van der Waals surface area contributed by atoms with Gasteiger partial charge < -0.3 is 14.9 Å². The van der Waals surface area contributed by atoms with Crippen molar-refractivity contribution in [3.05, 3.63) is 0 Å². The summed E-state index contributed by atoms with van der Waals surface area (Å²) in [5, 5.41) is 9.33. The molecule has 0 unspecified atom stereocenters. The first kappa shape index (κ1) is 13.6. The van der Waals surface area contributed by atoms with Crippen molar-refractivity contribution in [2.75, 3.05) is 13.2 Å². The Balaban J connectivity index is 0. The average Bonchev–Trinajstić information content (AvgIpc) is 1.85. The van der Waals surface area contributed by atoms with E-state index in [0.717, 1.165) is 0 Å². The van der Waals surface area contributed by atoms with Crippen molar-refractivity contribution >= 4 is 5.97 Å². The van der Waals surface area contributed by atoms with E-state index < -0.39 is 5.97 Å². The van der Waals surface area contributed by atoms with Gasteiger partial charge in [0.2, 0.25) is 0 Å². The molecule has 0 saturated heterocycles. The van der Waals surface area contributed by atoms with Gasteiger partial charge in [0, 0.05) is 6.61 Å². The first-order chi connectivity index (χ1) is 4.31. The largest absolute Gasteiger partial charge is 1.00 e. The Labute approximate surface area is 102 Å². The Morgan fingerprint density at radius 2 is 2.20 bits per heavy atom. The molecule has 0 aromatic carbocycles. The van der Waals surface area contributed by atoms with Crippen molar-refractivity contribution in [3.63, 3.8) is 0 Å². The van der Waals surface area contributed by atoms with Gasteiger partial charge in [-0.15, -0.1) is 0 Å². The van der Waals surface area contributed by atoms with Crippen molar-refractivity contribution in [1.82, 2.24) is 0 Å². The third-order valence-electron chi connectivity index (χ3n) is 0.695. The van der Waals surface area contributed by atoms with E-state index in [2.05, 4.69) is 9.62 Å². The van der Waals surface area contributed by atoms with Gasteiger partial charge in [-0.1, -0.05) is 0 Å². The first-order valence-corrected chi connectivity index (χ1v) is 2.71. The number of esters is 1. The number of ether oxygens (including phenoxy) is 1. The number of carbonyl (C=O) groups is 1. The van der Waals surface area contributed by atoms with Crippen LogP contribution in [0.1, 0.15) is 13.3 Å². The minimum atomic E-state index is -0.395. The molecule has 0 bridgehead atoms. The van der Waals surface area contributed by atoms with Gasteiger partial charge in [0.05, 0.1) is 13.0 Å². The van der Waals surface area contributed by atoms with E-state index in [-0.39, 0.29) is 64.4 Å². The van der Waals surface area contributed by atoms with E-state index in [9.17, 15) is 10.1 Å². The van der Waals surface area contributed by atoms with Crippen LogP contribution >= 0.6 is 0 Å². The van der Waals surface area contributed by atoms with Gasteiger partial charge in [-0.3, -0.25) is 4.79 Å². The second kappa shape index (κ2) is 10.0. The summed E-state index contributed by atoms with van der Waals surface area (Å²) in [6.45, 7) is 1.94. The van der Waals surface area contributed by atoms with Crippen LogP contribution in [0.25, 0.3) is 0 Å². The summed E-state index contributed by atoms with van der Waals surface area (Å²) in [6.07, 6.45) is 0.0390. The molecule has 0 aliphatic carbocycles. The fourth-order valence-electron chi connectivity index (χ4n) is 0.358. The Bertz CT molecular complexity index is 85.7. The summed E-state index contributed by atoms with van der Waals surface area (Å²) in [5.74, 6) is -0.395. The van der Waals surface area contributed by atoms with Crippen molar-refractivity contribution in [3.8, 4) is 0 Å². The molecule has 0 fully saturated rings. The molecule has 0 heterocycles. The zero-order chi connectivity index (χ0) is 7.11. The molecular weight excluding hydrogens is 163 g/mol. The van der Waals surface area contributed by atoms with Gasteiger partial charge in [-0.05, 0) is 6.92 Å². The van der Waals surface area contributed by atoms with Gasteiger partial charge in [-0.2, -0.15) is 0 Å². The van der Waals surface area contributed by atoms with E-state index in [1.54, 1.807) is 6.92 Å². The van der Waals surface area contributed by atoms with Gasteiger partial charge >= 0.3 is 57.4 Å². The Kier molecular flexibility index (Phi) is 13.6. The molecule has 0 aromatic heterocycles. The molecule has 54 valence electrons. The zero-order valence-corrected chi connectivity index (χ0v) is 9.38. The summed E-state index contributed by atoms with van der Waals surface area (Å²) in [5.41, 5.74) is 0. The van der Waals surface area contributed by atoms with Gasteiger partial charge in [-0.25, -0.2) is 0 Å². The van der Waals surface area contributed by atoms with Crippen molar-refractivity contribution < 1.29 is 71.1 Å². The number of carbonyl (C=O) groups excluding carboxylic acids is 1. The third-order valence-corrected chi connectivity index (χ3v) is 0.695. The minimum absolute atomic E-state index is 0. The fourth-order valence-corrected chi connectivity index (χ4v) is 0.358. The fraction of sp³-hybridized carbons (Fsp3) is 0.800. The van der Waals surface area contributed by atoms with E-state index in [4.69, 9.17) is 0 Å². The predicted octanol–water partition coefficient (Wildman–Crippen LogP) is -3.76.